The van der Waals surface area contributed by atoms with Crippen molar-refractivity contribution in [2.24, 2.45) is 5.41 Å². The molecule has 1 atom stereocenters. The Morgan fingerprint density at radius 1 is 1.50 bits per heavy atom. The lowest BCUT2D eigenvalue weighted by Gasteiger charge is -2.30. The largest absolute Gasteiger partial charge is 0.373 e. The van der Waals surface area contributed by atoms with Crippen LogP contribution in [0.3, 0.4) is 0 Å². The summed E-state index contributed by atoms with van der Waals surface area (Å²) >= 11 is 0. The van der Waals surface area contributed by atoms with E-state index in [1.54, 1.807) is 6.92 Å². The zero-order valence-electron chi connectivity index (χ0n) is 11.5. The van der Waals surface area contributed by atoms with E-state index in [1.807, 2.05) is 27.7 Å². The van der Waals surface area contributed by atoms with Crippen molar-refractivity contribution < 1.29 is 4.79 Å². The molecule has 18 heavy (non-hydrogen) atoms. The van der Waals surface area contributed by atoms with Crippen molar-refractivity contribution in [3.63, 3.8) is 0 Å². The Kier molecular flexibility index (Phi) is 3.83. The van der Waals surface area contributed by atoms with Crippen LogP contribution in [0.15, 0.2) is 4.79 Å². The number of hydrogen-bond acceptors (Lipinski definition) is 4. The third kappa shape index (κ3) is 2.72. The Balaban J connectivity index is 2.95. The summed E-state index contributed by atoms with van der Waals surface area (Å²) in [7, 11) is 0. The molecule has 0 aromatic carbocycles. The summed E-state index contributed by atoms with van der Waals surface area (Å²) in [5.74, 6) is 5.72. The van der Waals surface area contributed by atoms with Gasteiger partial charge in [0.25, 0.3) is 0 Å². The third-order valence-electron chi connectivity index (χ3n) is 2.92. The first kappa shape index (κ1) is 14.3. The number of nitrogens with two attached hydrogens (primary N) is 1. The van der Waals surface area contributed by atoms with Crippen LogP contribution in [0, 0.1) is 12.3 Å². The molecular weight excluding hydrogens is 234 g/mol. The van der Waals surface area contributed by atoms with Gasteiger partial charge in [-0.25, -0.2) is 9.59 Å². The predicted octanol–water partition coefficient (Wildman–Crippen LogP) is 0.449. The van der Waals surface area contributed by atoms with Crippen LogP contribution < -0.4 is 16.8 Å². The highest BCUT2D eigenvalue weighted by Crippen LogP contribution is 2.21. The lowest BCUT2D eigenvalue weighted by atomic mass is 9.85. The summed E-state index contributed by atoms with van der Waals surface area (Å²) in [5.41, 5.74) is -0.734. The second kappa shape index (κ2) is 4.83. The van der Waals surface area contributed by atoms with Crippen LogP contribution in [0.25, 0.3) is 0 Å². The molecule has 0 fully saturated rings. The summed E-state index contributed by atoms with van der Waals surface area (Å²) in [4.78, 5) is 23.6. The van der Waals surface area contributed by atoms with Crippen LogP contribution in [0.1, 0.15) is 39.9 Å². The van der Waals surface area contributed by atoms with Gasteiger partial charge in [-0.15, -0.1) is 9.78 Å². The van der Waals surface area contributed by atoms with Crippen LogP contribution in [0.4, 0.5) is 4.79 Å². The Labute approximate surface area is 106 Å². The van der Waals surface area contributed by atoms with E-state index in [0.29, 0.717) is 5.82 Å². The lowest BCUT2D eigenvalue weighted by molar-refractivity contribution is 0.213. The van der Waals surface area contributed by atoms with Crippen molar-refractivity contribution in [3.8, 4) is 0 Å². The van der Waals surface area contributed by atoms with Gasteiger partial charge in [0.05, 0.1) is 0 Å². The molecule has 0 spiro atoms. The highest BCUT2D eigenvalue weighted by atomic mass is 16.2. The van der Waals surface area contributed by atoms with Gasteiger partial charge in [0.1, 0.15) is 0 Å². The second-order valence-electron chi connectivity index (χ2n) is 5.39. The summed E-state index contributed by atoms with van der Waals surface area (Å²) in [6.45, 7) is 9.61. The molecule has 1 heterocycles. The SMILES string of the molecule is CCC(NC(=O)n1nc(C)n(N)c1=O)C(C)(C)C. The van der Waals surface area contributed by atoms with Crippen molar-refractivity contribution >= 4 is 6.03 Å². The summed E-state index contributed by atoms with van der Waals surface area (Å²) < 4.78 is 1.60. The zero-order chi connectivity index (χ0) is 14.1. The molecule has 102 valence electrons. The molecule has 0 radical (unpaired) electrons. The molecule has 1 unspecified atom stereocenters. The van der Waals surface area contributed by atoms with Gasteiger partial charge < -0.3 is 11.2 Å². The molecule has 1 amide bonds. The number of aryl methyl sites for hydroxylation is 1. The molecule has 7 nitrogen and oxygen atoms in total. The fraction of sp³-hybridized carbons (Fsp3) is 0.727. The molecule has 1 aromatic heterocycles. The third-order valence-corrected chi connectivity index (χ3v) is 2.92. The van der Waals surface area contributed by atoms with Gasteiger partial charge in [0, 0.05) is 6.04 Å². The number of nitrogens with zero attached hydrogens (tertiary/aromatic N) is 3. The Morgan fingerprint density at radius 3 is 2.39 bits per heavy atom. The van der Waals surface area contributed by atoms with Gasteiger partial charge in [-0.1, -0.05) is 27.7 Å². The Morgan fingerprint density at radius 2 is 2.06 bits per heavy atom. The van der Waals surface area contributed by atoms with E-state index < -0.39 is 11.7 Å². The van der Waals surface area contributed by atoms with Crippen molar-refractivity contribution in [2.45, 2.75) is 47.1 Å². The fourth-order valence-electron chi connectivity index (χ4n) is 1.75. The summed E-state index contributed by atoms with van der Waals surface area (Å²) in [6.07, 6.45) is 0.770. The molecule has 7 heteroatoms. The molecule has 0 saturated carbocycles. The summed E-state index contributed by atoms with van der Waals surface area (Å²) in [6, 6.07) is -0.589. The smallest absolute Gasteiger partial charge is 0.333 e. The van der Waals surface area contributed by atoms with E-state index in [9.17, 15) is 9.59 Å². The number of rotatable bonds is 2. The van der Waals surface area contributed by atoms with Gasteiger partial charge in [0.15, 0.2) is 5.82 Å². The first-order chi connectivity index (χ1) is 8.18. The number of nitrogens with one attached hydrogen (secondary N) is 1. The second-order valence-corrected chi connectivity index (χ2v) is 5.39. The predicted molar refractivity (Wildman–Crippen MR) is 68.8 cm³/mol. The molecule has 1 rings (SSSR count). The molecular formula is C11H21N5O2. The molecule has 0 aliphatic heterocycles. The van der Waals surface area contributed by atoms with Crippen molar-refractivity contribution in [3.05, 3.63) is 16.3 Å². The monoisotopic (exact) mass is 255 g/mol. The molecule has 0 saturated heterocycles. The standard InChI is InChI=1S/C11H21N5O2/c1-6-8(11(3,4)5)13-9(17)16-10(18)15(12)7(2)14-16/h8H,6,12H2,1-5H3,(H,13,17). The van der Waals surface area contributed by atoms with E-state index in [0.717, 1.165) is 15.8 Å². The number of amides is 1. The maximum absolute atomic E-state index is 12.0. The van der Waals surface area contributed by atoms with Crippen LogP contribution in [-0.2, 0) is 0 Å². The minimum Gasteiger partial charge on any atom is -0.333 e. The van der Waals surface area contributed by atoms with Gasteiger partial charge in [-0.05, 0) is 18.8 Å². The average molecular weight is 255 g/mol. The molecule has 0 aliphatic carbocycles. The number of nitrogen functional groups attached to an aromatic ring is 1. The van der Waals surface area contributed by atoms with E-state index in [-0.39, 0.29) is 11.5 Å². The van der Waals surface area contributed by atoms with Crippen molar-refractivity contribution in [2.75, 3.05) is 5.84 Å². The Hall–Kier alpha value is -1.79. The van der Waals surface area contributed by atoms with Gasteiger partial charge in [-0.3, -0.25) is 0 Å². The maximum atomic E-state index is 12.0. The topological polar surface area (TPSA) is 94.9 Å². The van der Waals surface area contributed by atoms with Crippen LogP contribution in [0.2, 0.25) is 0 Å². The number of carbonyl (C=O) groups excluding carboxylic acids is 1. The molecule has 0 bridgehead atoms. The molecule has 3 N–H and O–H groups in total. The minimum atomic E-state index is -0.645. The van der Waals surface area contributed by atoms with E-state index in [4.69, 9.17) is 5.84 Å². The van der Waals surface area contributed by atoms with Crippen LogP contribution in [0.5, 0.6) is 0 Å². The number of aromatic nitrogens is 3. The quantitative estimate of drug-likeness (QED) is 0.750. The van der Waals surface area contributed by atoms with E-state index in [1.165, 1.54) is 0 Å². The van der Waals surface area contributed by atoms with E-state index >= 15 is 0 Å². The Bertz CT molecular complexity index is 495. The van der Waals surface area contributed by atoms with Crippen molar-refractivity contribution in [1.82, 2.24) is 19.8 Å². The fourth-order valence-corrected chi connectivity index (χ4v) is 1.75. The van der Waals surface area contributed by atoms with Gasteiger partial charge in [-0.2, -0.15) is 4.68 Å². The lowest BCUT2D eigenvalue weighted by Crippen LogP contribution is -2.48. The highest BCUT2D eigenvalue weighted by Gasteiger charge is 2.26. The van der Waals surface area contributed by atoms with Gasteiger partial charge in [0.2, 0.25) is 0 Å². The van der Waals surface area contributed by atoms with E-state index in [2.05, 4.69) is 10.4 Å². The number of carbonyl (C=O) groups is 1. The van der Waals surface area contributed by atoms with Crippen LogP contribution >= 0.6 is 0 Å². The molecule has 1 aromatic rings. The normalized spacial score (nSPS) is 13.4. The average Bonchev–Trinajstić information content (AvgIpc) is 2.52. The number of hydrogen-bond donors (Lipinski definition) is 2. The molecule has 0 aliphatic rings. The maximum Gasteiger partial charge on any atom is 0.373 e. The zero-order valence-corrected chi connectivity index (χ0v) is 11.5. The summed E-state index contributed by atoms with van der Waals surface area (Å²) in [5, 5.41) is 6.61. The van der Waals surface area contributed by atoms with Gasteiger partial charge >= 0.3 is 11.7 Å². The van der Waals surface area contributed by atoms with Crippen molar-refractivity contribution in [1.29, 1.82) is 0 Å². The van der Waals surface area contributed by atoms with Crippen LogP contribution in [-0.4, -0.2) is 26.5 Å². The highest BCUT2D eigenvalue weighted by molar-refractivity contribution is 5.75. The first-order valence-electron chi connectivity index (χ1n) is 5.93. The first-order valence-corrected chi connectivity index (χ1v) is 5.93. The minimum absolute atomic E-state index is 0.0415.